The number of nitrogens with one attached hydrogen (secondary N) is 1. The number of hydrogen-bond acceptors (Lipinski definition) is 5. The average Bonchev–Trinajstić information content (AvgIpc) is 2.92. The van der Waals surface area contributed by atoms with Crippen LogP contribution in [-0.4, -0.2) is 40.8 Å². The van der Waals surface area contributed by atoms with E-state index < -0.39 is 5.60 Å². The molecule has 3 rings (SSSR count). The molecule has 6 nitrogen and oxygen atoms in total. The van der Waals surface area contributed by atoms with Gasteiger partial charge in [0.1, 0.15) is 11.4 Å². The summed E-state index contributed by atoms with van der Waals surface area (Å²) in [4.78, 5) is 23.0. The van der Waals surface area contributed by atoms with Crippen LogP contribution in [0, 0.1) is 0 Å². The molecule has 1 aromatic heterocycles. The van der Waals surface area contributed by atoms with Crippen LogP contribution in [0.3, 0.4) is 0 Å². The molecule has 0 spiro atoms. The van der Waals surface area contributed by atoms with E-state index in [2.05, 4.69) is 20.2 Å². The third kappa shape index (κ3) is 4.09. The normalized spacial score (nSPS) is 20.7. The number of anilines is 1. The number of carbonyl (C=O) groups excluding carboxylic acids is 1. The summed E-state index contributed by atoms with van der Waals surface area (Å²) in [6.45, 7) is 7.16. The Morgan fingerprint density at radius 2 is 2.04 bits per heavy atom. The molecule has 1 atom stereocenters. The number of hydrogen-bond donors (Lipinski definition) is 1. The number of aryl methyl sites for hydroxylation is 1. The highest BCUT2D eigenvalue weighted by Gasteiger charge is 2.29. The minimum Gasteiger partial charge on any atom is -0.444 e. The molecule has 1 saturated heterocycles. The second-order valence-electron chi connectivity index (χ2n) is 7.53. The van der Waals surface area contributed by atoms with E-state index >= 15 is 0 Å². The second-order valence-corrected chi connectivity index (χ2v) is 7.86. The summed E-state index contributed by atoms with van der Waals surface area (Å²) in [6, 6.07) is 0.0628. The molecular formula is C17H25ClN4O2. The average molecular weight is 353 g/mol. The quantitative estimate of drug-likeness (QED) is 0.828. The zero-order valence-corrected chi connectivity index (χ0v) is 15.3. The van der Waals surface area contributed by atoms with Crippen molar-refractivity contribution in [2.75, 3.05) is 18.0 Å². The Balaban J connectivity index is 1.68. The Hall–Kier alpha value is -1.56. The molecule has 1 aliphatic heterocycles. The van der Waals surface area contributed by atoms with E-state index in [0.717, 1.165) is 50.3 Å². The number of rotatable bonds is 2. The van der Waals surface area contributed by atoms with Gasteiger partial charge in [-0.2, -0.15) is 0 Å². The van der Waals surface area contributed by atoms with E-state index in [-0.39, 0.29) is 12.1 Å². The van der Waals surface area contributed by atoms with Gasteiger partial charge >= 0.3 is 6.09 Å². The third-order valence-electron chi connectivity index (χ3n) is 4.34. The molecule has 1 N–H and O–H groups in total. The summed E-state index contributed by atoms with van der Waals surface area (Å²) in [5.74, 6) is 0.943. The van der Waals surface area contributed by atoms with Crippen molar-refractivity contribution in [1.82, 2.24) is 15.3 Å². The van der Waals surface area contributed by atoms with Gasteiger partial charge in [0, 0.05) is 18.7 Å². The van der Waals surface area contributed by atoms with Gasteiger partial charge in [-0.1, -0.05) is 0 Å². The van der Waals surface area contributed by atoms with Crippen molar-refractivity contribution in [3.63, 3.8) is 0 Å². The molecule has 0 saturated carbocycles. The fourth-order valence-corrected chi connectivity index (χ4v) is 3.53. The third-order valence-corrected chi connectivity index (χ3v) is 4.51. The molecule has 1 aromatic rings. The number of nitrogens with zero attached hydrogens (tertiary/aromatic N) is 3. The van der Waals surface area contributed by atoms with E-state index in [1.165, 1.54) is 12.0 Å². The first-order chi connectivity index (χ1) is 11.3. The number of fused-ring (bicyclic) bond motifs is 1. The first kappa shape index (κ1) is 17.3. The Labute approximate surface area is 147 Å². The monoisotopic (exact) mass is 352 g/mol. The SMILES string of the molecule is CC(C)(C)OC(=O)N[C@H]1CCN(c2nc(Cl)nc3c2CCCC3)C1. The number of halogens is 1. The van der Waals surface area contributed by atoms with E-state index in [1.54, 1.807) is 0 Å². The van der Waals surface area contributed by atoms with Gasteiger partial charge in [0.25, 0.3) is 0 Å². The first-order valence-corrected chi connectivity index (χ1v) is 8.99. The number of aromatic nitrogens is 2. The van der Waals surface area contributed by atoms with Gasteiger partial charge in [-0.3, -0.25) is 0 Å². The molecule has 1 fully saturated rings. The zero-order valence-electron chi connectivity index (χ0n) is 14.6. The molecule has 1 amide bonds. The number of ether oxygens (including phenoxy) is 1. The molecule has 0 radical (unpaired) electrons. The topological polar surface area (TPSA) is 67.3 Å². The van der Waals surface area contributed by atoms with E-state index in [4.69, 9.17) is 16.3 Å². The largest absolute Gasteiger partial charge is 0.444 e. The van der Waals surface area contributed by atoms with Crippen LogP contribution in [0.15, 0.2) is 0 Å². The highest BCUT2D eigenvalue weighted by atomic mass is 35.5. The molecule has 2 aliphatic rings. The van der Waals surface area contributed by atoms with Crippen LogP contribution in [0.1, 0.15) is 51.3 Å². The van der Waals surface area contributed by atoms with E-state index in [1.807, 2.05) is 20.8 Å². The Kier molecular flexibility index (Phi) is 4.85. The van der Waals surface area contributed by atoms with Crippen LogP contribution >= 0.6 is 11.6 Å². The lowest BCUT2D eigenvalue weighted by Gasteiger charge is -2.25. The van der Waals surface area contributed by atoms with Gasteiger partial charge < -0.3 is 15.0 Å². The highest BCUT2D eigenvalue weighted by molar-refractivity contribution is 6.28. The molecule has 7 heteroatoms. The smallest absolute Gasteiger partial charge is 0.407 e. The fraction of sp³-hybridized carbons (Fsp3) is 0.706. The van der Waals surface area contributed by atoms with Gasteiger partial charge in [-0.15, -0.1) is 0 Å². The molecule has 0 aromatic carbocycles. The minimum atomic E-state index is -0.484. The van der Waals surface area contributed by atoms with Crippen molar-refractivity contribution in [3.8, 4) is 0 Å². The number of amides is 1. The standard InChI is InChI=1S/C17H25ClN4O2/c1-17(2,3)24-16(23)19-11-8-9-22(10-11)14-12-6-4-5-7-13(12)20-15(18)21-14/h11H,4-10H2,1-3H3,(H,19,23)/t11-/m0/s1. The number of carbonyl (C=O) groups is 1. The zero-order chi connectivity index (χ0) is 17.3. The van der Waals surface area contributed by atoms with Crippen molar-refractivity contribution >= 4 is 23.5 Å². The maximum atomic E-state index is 11.9. The maximum absolute atomic E-state index is 11.9. The molecule has 24 heavy (non-hydrogen) atoms. The summed E-state index contributed by atoms with van der Waals surface area (Å²) >= 11 is 6.11. The Morgan fingerprint density at radius 1 is 1.29 bits per heavy atom. The van der Waals surface area contributed by atoms with Crippen molar-refractivity contribution in [3.05, 3.63) is 16.5 Å². The van der Waals surface area contributed by atoms with Crippen LogP contribution in [-0.2, 0) is 17.6 Å². The summed E-state index contributed by atoms with van der Waals surface area (Å²) in [5.41, 5.74) is 1.82. The molecule has 2 heterocycles. The minimum absolute atomic E-state index is 0.0628. The van der Waals surface area contributed by atoms with Crippen molar-refractivity contribution in [2.45, 2.75) is 64.5 Å². The van der Waals surface area contributed by atoms with Crippen molar-refractivity contribution < 1.29 is 9.53 Å². The summed E-state index contributed by atoms with van der Waals surface area (Å²) in [5, 5.41) is 3.26. The fourth-order valence-electron chi connectivity index (χ4n) is 3.35. The molecule has 132 valence electrons. The second kappa shape index (κ2) is 6.75. The van der Waals surface area contributed by atoms with Gasteiger partial charge in [0.15, 0.2) is 0 Å². The van der Waals surface area contributed by atoms with Crippen LogP contribution in [0.25, 0.3) is 0 Å². The van der Waals surface area contributed by atoms with Crippen LogP contribution in [0.2, 0.25) is 5.28 Å². The van der Waals surface area contributed by atoms with Crippen LogP contribution in [0.5, 0.6) is 0 Å². The summed E-state index contributed by atoms with van der Waals surface area (Å²) in [6.07, 6.45) is 4.80. The lowest BCUT2D eigenvalue weighted by Crippen LogP contribution is -2.40. The van der Waals surface area contributed by atoms with Crippen molar-refractivity contribution in [2.24, 2.45) is 0 Å². The van der Waals surface area contributed by atoms with Gasteiger partial charge in [-0.25, -0.2) is 14.8 Å². The summed E-state index contributed by atoms with van der Waals surface area (Å²) in [7, 11) is 0. The Bertz CT molecular complexity index is 630. The molecule has 0 bridgehead atoms. The predicted molar refractivity (Wildman–Crippen MR) is 93.7 cm³/mol. The predicted octanol–water partition coefficient (Wildman–Crippen LogP) is 3.11. The van der Waals surface area contributed by atoms with Gasteiger partial charge in [0.05, 0.1) is 11.7 Å². The maximum Gasteiger partial charge on any atom is 0.407 e. The summed E-state index contributed by atoms with van der Waals surface area (Å²) < 4.78 is 5.33. The number of alkyl carbamates (subject to hydrolysis) is 1. The molecule has 0 unspecified atom stereocenters. The van der Waals surface area contributed by atoms with Gasteiger partial charge in [-0.05, 0) is 64.5 Å². The Morgan fingerprint density at radius 3 is 2.79 bits per heavy atom. The van der Waals surface area contributed by atoms with Crippen LogP contribution < -0.4 is 10.2 Å². The highest BCUT2D eigenvalue weighted by Crippen LogP contribution is 2.31. The van der Waals surface area contributed by atoms with Crippen molar-refractivity contribution in [1.29, 1.82) is 0 Å². The first-order valence-electron chi connectivity index (χ1n) is 8.61. The van der Waals surface area contributed by atoms with E-state index in [9.17, 15) is 4.79 Å². The molecule has 1 aliphatic carbocycles. The van der Waals surface area contributed by atoms with Gasteiger partial charge in [0.2, 0.25) is 5.28 Å². The molecular weight excluding hydrogens is 328 g/mol. The van der Waals surface area contributed by atoms with Crippen LogP contribution in [0.4, 0.5) is 10.6 Å². The lowest BCUT2D eigenvalue weighted by molar-refractivity contribution is 0.0509. The lowest BCUT2D eigenvalue weighted by atomic mass is 9.96. The van der Waals surface area contributed by atoms with E-state index in [0.29, 0.717) is 5.28 Å².